The summed E-state index contributed by atoms with van der Waals surface area (Å²) in [4.78, 5) is 30.8. The first kappa shape index (κ1) is 19.3. The molecule has 0 spiro atoms. The smallest absolute Gasteiger partial charge is 0.263 e. The molecule has 166 valence electrons. The molecule has 2 aromatic carbocycles. The van der Waals surface area contributed by atoms with E-state index in [1.165, 1.54) is 5.01 Å². The summed E-state index contributed by atoms with van der Waals surface area (Å²) in [6, 6.07) is 5.77. The lowest BCUT2D eigenvalue weighted by Crippen LogP contribution is -2.39. The van der Waals surface area contributed by atoms with Crippen molar-refractivity contribution >= 4 is 17.5 Å². The maximum atomic E-state index is 13.6. The maximum Gasteiger partial charge on any atom is 0.263 e. The van der Waals surface area contributed by atoms with Crippen LogP contribution in [0.5, 0.6) is 11.5 Å². The first-order valence-electron chi connectivity index (χ1n) is 9.72. The molecule has 1 saturated heterocycles. The number of imide groups is 1. The summed E-state index contributed by atoms with van der Waals surface area (Å²) in [7, 11) is 0. The van der Waals surface area contributed by atoms with E-state index in [0.717, 1.165) is 23.1 Å². The predicted octanol–water partition coefficient (Wildman–Crippen LogP) is 2.24. The number of halogens is 2. The zero-order valence-electron chi connectivity index (χ0n) is 16.5. The normalized spacial score (nSPS) is 20.8. The summed E-state index contributed by atoms with van der Waals surface area (Å²) >= 11 is 0. The van der Waals surface area contributed by atoms with Gasteiger partial charge in [-0.1, -0.05) is 10.4 Å². The minimum Gasteiger partial charge on any atom is -0.454 e. The number of carbonyl (C=O) groups excluding carboxylic acids is 2. The van der Waals surface area contributed by atoms with E-state index in [-0.39, 0.29) is 30.7 Å². The molecule has 2 amide bonds. The second kappa shape index (κ2) is 7.05. The van der Waals surface area contributed by atoms with Gasteiger partial charge >= 0.3 is 0 Å². The Balaban J connectivity index is 1.22. The lowest BCUT2D eigenvalue weighted by molar-refractivity contribution is -0.123. The molecule has 6 rings (SSSR count). The molecule has 0 aliphatic carbocycles. The molecule has 2 atom stereocenters. The van der Waals surface area contributed by atoms with Gasteiger partial charge in [-0.05, 0) is 30.3 Å². The summed E-state index contributed by atoms with van der Waals surface area (Å²) in [5.74, 6) is -2.03. The number of hydrogen-bond acceptors (Lipinski definition) is 10. The van der Waals surface area contributed by atoms with E-state index in [1.54, 1.807) is 18.2 Å². The van der Waals surface area contributed by atoms with Crippen LogP contribution in [0.2, 0.25) is 0 Å². The van der Waals surface area contributed by atoms with E-state index < -0.39 is 35.5 Å². The van der Waals surface area contributed by atoms with E-state index in [1.807, 2.05) is 0 Å². The van der Waals surface area contributed by atoms with Crippen molar-refractivity contribution in [2.75, 3.05) is 11.7 Å². The van der Waals surface area contributed by atoms with Crippen molar-refractivity contribution < 1.29 is 32.4 Å². The molecule has 13 heteroatoms. The molecular formula is C20H12F2N6O5. The number of rotatable bonds is 4. The fourth-order valence-electron chi connectivity index (χ4n) is 3.84. The second-order valence-corrected chi connectivity index (χ2v) is 7.38. The average molecular weight is 454 g/mol. The number of ether oxygens (including phenoxy) is 2. The quantitative estimate of drug-likeness (QED) is 0.550. The van der Waals surface area contributed by atoms with Crippen LogP contribution in [0.15, 0.2) is 51.3 Å². The van der Waals surface area contributed by atoms with Gasteiger partial charge in [0.05, 0.1) is 5.69 Å². The molecule has 4 heterocycles. The Hall–Kier alpha value is -4.42. The highest BCUT2D eigenvalue weighted by molar-refractivity contribution is 6.25. The summed E-state index contributed by atoms with van der Waals surface area (Å²) in [5, 5.41) is 13.0. The third kappa shape index (κ3) is 3.00. The van der Waals surface area contributed by atoms with Crippen LogP contribution < -0.4 is 14.4 Å². The molecule has 0 N–H and O–H groups in total. The van der Waals surface area contributed by atoms with Crippen molar-refractivity contribution in [1.82, 2.24) is 15.1 Å². The van der Waals surface area contributed by atoms with Gasteiger partial charge in [0, 0.05) is 11.6 Å². The van der Waals surface area contributed by atoms with Gasteiger partial charge < -0.3 is 14.0 Å². The van der Waals surface area contributed by atoms with E-state index >= 15 is 0 Å². The number of nitrogens with zero attached hydrogens (tertiary/aromatic N) is 6. The standard InChI is InChI=1S/C20H12F2N6O5/c21-11-3-2-10(6-12(11)22)28-19(29)16-17(20(28)30)27(26-24-16)7-15-23-18(25-33-15)9-1-4-13-14(5-9)32-8-31-13/h1-6,16-17H,7-8H2/t16-,17-/m0/s1. The SMILES string of the molecule is O=C1[C@H]2N=NN(Cc3nc(-c4ccc5c(c4)OCO5)no3)[C@@H]2C(=O)N1c1ccc(F)c(F)c1. The molecule has 0 unspecified atom stereocenters. The lowest BCUT2D eigenvalue weighted by Gasteiger charge is -2.19. The Kier molecular flexibility index (Phi) is 4.12. The number of benzene rings is 2. The number of amides is 2. The van der Waals surface area contributed by atoms with Crippen LogP contribution in [0.3, 0.4) is 0 Å². The highest BCUT2D eigenvalue weighted by atomic mass is 19.2. The molecule has 1 fully saturated rings. The molecule has 11 nitrogen and oxygen atoms in total. The Labute approximate surface area is 183 Å². The first-order chi connectivity index (χ1) is 16.0. The van der Waals surface area contributed by atoms with E-state index in [0.29, 0.717) is 17.1 Å². The van der Waals surface area contributed by atoms with E-state index in [4.69, 9.17) is 14.0 Å². The Morgan fingerprint density at radius 1 is 1.00 bits per heavy atom. The predicted molar refractivity (Wildman–Crippen MR) is 103 cm³/mol. The molecule has 3 aliphatic heterocycles. The molecule has 33 heavy (non-hydrogen) atoms. The van der Waals surface area contributed by atoms with Crippen LogP contribution in [-0.2, 0) is 16.1 Å². The van der Waals surface area contributed by atoms with Crippen molar-refractivity contribution in [2.24, 2.45) is 10.3 Å². The summed E-state index contributed by atoms with van der Waals surface area (Å²) < 4.78 is 42.8. The highest BCUT2D eigenvalue weighted by Gasteiger charge is 2.55. The summed E-state index contributed by atoms with van der Waals surface area (Å²) in [5.41, 5.74) is 0.545. The molecule has 3 aromatic rings. The monoisotopic (exact) mass is 454 g/mol. The Morgan fingerprint density at radius 2 is 1.85 bits per heavy atom. The van der Waals surface area contributed by atoms with Crippen LogP contribution in [0, 0.1) is 11.6 Å². The Bertz CT molecular complexity index is 1340. The van der Waals surface area contributed by atoms with E-state index in [9.17, 15) is 18.4 Å². The molecule has 0 saturated carbocycles. The molecule has 0 bridgehead atoms. The van der Waals surface area contributed by atoms with Gasteiger partial charge in [-0.25, -0.2) is 13.7 Å². The minimum atomic E-state index is -1.18. The number of aromatic nitrogens is 2. The zero-order chi connectivity index (χ0) is 22.7. The fourth-order valence-corrected chi connectivity index (χ4v) is 3.84. The number of carbonyl (C=O) groups is 2. The van der Waals surface area contributed by atoms with Gasteiger partial charge in [-0.2, -0.15) is 10.1 Å². The van der Waals surface area contributed by atoms with Gasteiger partial charge in [0.2, 0.25) is 18.5 Å². The Morgan fingerprint density at radius 3 is 2.70 bits per heavy atom. The third-order valence-corrected chi connectivity index (χ3v) is 5.42. The zero-order valence-corrected chi connectivity index (χ0v) is 16.5. The average Bonchev–Trinajstić information content (AvgIpc) is 3.57. The number of anilines is 1. The molecule has 0 radical (unpaired) electrons. The topological polar surface area (TPSA) is 123 Å². The van der Waals surface area contributed by atoms with Crippen LogP contribution in [-0.4, -0.2) is 45.8 Å². The van der Waals surface area contributed by atoms with Gasteiger partial charge in [0.15, 0.2) is 35.2 Å². The maximum absolute atomic E-state index is 13.6. The largest absolute Gasteiger partial charge is 0.454 e. The van der Waals surface area contributed by atoms with Crippen LogP contribution in [0.1, 0.15) is 5.89 Å². The van der Waals surface area contributed by atoms with Gasteiger partial charge in [-0.3, -0.25) is 14.6 Å². The van der Waals surface area contributed by atoms with Crippen LogP contribution >= 0.6 is 0 Å². The first-order valence-corrected chi connectivity index (χ1v) is 9.72. The fraction of sp³-hybridized carbons (Fsp3) is 0.200. The van der Waals surface area contributed by atoms with Gasteiger partial charge in [0.1, 0.15) is 6.54 Å². The number of fused-ring (bicyclic) bond motifs is 2. The highest BCUT2D eigenvalue weighted by Crippen LogP contribution is 2.36. The van der Waals surface area contributed by atoms with Crippen LogP contribution in [0.4, 0.5) is 14.5 Å². The van der Waals surface area contributed by atoms with Gasteiger partial charge in [0.25, 0.3) is 11.8 Å². The molecule has 1 aromatic heterocycles. The van der Waals surface area contributed by atoms with Crippen LogP contribution in [0.25, 0.3) is 11.4 Å². The minimum absolute atomic E-state index is 0.0867. The van der Waals surface area contributed by atoms with Crippen molar-refractivity contribution in [3.8, 4) is 22.9 Å². The molecule has 3 aliphatic rings. The summed E-state index contributed by atoms with van der Waals surface area (Å²) in [6.45, 7) is 0.0417. The second-order valence-electron chi connectivity index (χ2n) is 7.38. The third-order valence-electron chi connectivity index (χ3n) is 5.42. The van der Waals surface area contributed by atoms with Gasteiger partial charge in [-0.15, -0.1) is 0 Å². The molecular weight excluding hydrogens is 442 g/mol. The summed E-state index contributed by atoms with van der Waals surface area (Å²) in [6.07, 6.45) is 0. The number of hydrogen-bond donors (Lipinski definition) is 0. The van der Waals surface area contributed by atoms with E-state index in [2.05, 4.69) is 20.5 Å². The van der Waals surface area contributed by atoms with Crippen molar-refractivity contribution in [2.45, 2.75) is 18.6 Å². The lowest BCUT2D eigenvalue weighted by atomic mass is 10.1. The van der Waals surface area contributed by atoms with Crippen molar-refractivity contribution in [3.05, 3.63) is 53.9 Å². The van der Waals surface area contributed by atoms with Crippen molar-refractivity contribution in [1.29, 1.82) is 0 Å². The van der Waals surface area contributed by atoms with Crippen molar-refractivity contribution in [3.63, 3.8) is 0 Å².